The monoisotopic (exact) mass is 418 g/mol. The van der Waals surface area contributed by atoms with E-state index in [0.29, 0.717) is 35.1 Å². The minimum Gasteiger partial charge on any atom is -0.341 e. The molecule has 4 amide bonds. The number of hydrogen-bond acceptors (Lipinski definition) is 5. The lowest BCUT2D eigenvalue weighted by Gasteiger charge is -2.21. The number of benzene rings is 2. The first kappa shape index (κ1) is 20.7. The van der Waals surface area contributed by atoms with Gasteiger partial charge in [0.05, 0.1) is 10.6 Å². The summed E-state index contributed by atoms with van der Waals surface area (Å²) < 4.78 is 27.5. The van der Waals surface area contributed by atoms with E-state index in [-0.39, 0.29) is 11.4 Å². The van der Waals surface area contributed by atoms with Gasteiger partial charge in [-0.2, -0.15) is 4.31 Å². The third-order valence-corrected chi connectivity index (χ3v) is 6.96. The van der Waals surface area contributed by atoms with Gasteiger partial charge in [-0.05, 0) is 18.2 Å². The number of carbonyl (C=O) groups excluding carboxylic acids is 3. The summed E-state index contributed by atoms with van der Waals surface area (Å²) in [5.74, 6) is -1.08. The maximum Gasteiger partial charge on any atom is 0.321 e. The molecule has 0 aliphatic carbocycles. The maximum atomic E-state index is 13.1. The molecule has 1 aliphatic heterocycles. The number of nitrogens with zero attached hydrogens (tertiary/aromatic N) is 2. The fourth-order valence-corrected chi connectivity index (χ4v) is 5.12. The Morgan fingerprint density at radius 2 is 1.79 bits per heavy atom. The Bertz CT molecular complexity index is 1110. The molecule has 0 bridgehead atoms. The standard InChI is InChI=1S/C19H22N4O5S/c1-4-22(5-2)29(27,28)15-10-9-14-17-12(15)7-6-8-13(17)18(25)23(14)11-16(24)21-19(26)20-3/h6-10H,4-5,11H2,1-3H3,(H2,20,21,24,26). The predicted octanol–water partition coefficient (Wildman–Crippen LogP) is 1.29. The number of urea groups is 1. The molecule has 0 spiro atoms. The molecule has 0 saturated heterocycles. The van der Waals surface area contributed by atoms with E-state index in [1.54, 1.807) is 32.0 Å². The third-order valence-electron chi connectivity index (χ3n) is 4.85. The van der Waals surface area contributed by atoms with Gasteiger partial charge >= 0.3 is 6.03 Å². The summed E-state index contributed by atoms with van der Waals surface area (Å²) in [6.45, 7) is 3.81. The number of carbonyl (C=O) groups is 3. The lowest BCUT2D eigenvalue weighted by molar-refractivity contribution is -0.118. The second-order valence-electron chi connectivity index (χ2n) is 6.42. The second-order valence-corrected chi connectivity index (χ2v) is 8.33. The van der Waals surface area contributed by atoms with Gasteiger partial charge in [0.25, 0.3) is 5.91 Å². The topological polar surface area (TPSA) is 116 Å². The Kier molecular flexibility index (Phi) is 5.58. The average molecular weight is 418 g/mol. The van der Waals surface area contributed by atoms with Gasteiger partial charge in [-0.15, -0.1) is 0 Å². The fraction of sp³-hybridized carbons (Fsp3) is 0.316. The Balaban J connectivity index is 2.09. The number of nitrogens with one attached hydrogen (secondary N) is 2. The van der Waals surface area contributed by atoms with Crippen molar-refractivity contribution in [1.82, 2.24) is 14.9 Å². The molecule has 0 unspecified atom stereocenters. The summed E-state index contributed by atoms with van der Waals surface area (Å²) in [6.07, 6.45) is 0. The summed E-state index contributed by atoms with van der Waals surface area (Å²) >= 11 is 0. The van der Waals surface area contributed by atoms with Crippen molar-refractivity contribution in [2.24, 2.45) is 0 Å². The quantitative estimate of drug-likeness (QED) is 0.733. The molecule has 2 aromatic rings. The molecule has 3 rings (SSSR count). The molecule has 2 aromatic carbocycles. The van der Waals surface area contributed by atoms with Crippen LogP contribution in [-0.2, 0) is 14.8 Å². The molecule has 0 atom stereocenters. The van der Waals surface area contributed by atoms with Crippen molar-refractivity contribution in [3.05, 3.63) is 35.9 Å². The molecule has 1 heterocycles. The largest absolute Gasteiger partial charge is 0.341 e. The van der Waals surface area contributed by atoms with E-state index in [0.717, 1.165) is 0 Å². The highest BCUT2D eigenvalue weighted by atomic mass is 32.2. The Labute approximate surface area is 168 Å². The van der Waals surface area contributed by atoms with Gasteiger partial charge in [0, 0.05) is 36.5 Å². The maximum absolute atomic E-state index is 13.1. The van der Waals surface area contributed by atoms with E-state index in [1.165, 1.54) is 28.4 Å². The Hall–Kier alpha value is -2.98. The summed E-state index contributed by atoms with van der Waals surface area (Å²) in [5.41, 5.74) is 0.757. The number of rotatable bonds is 6. The van der Waals surface area contributed by atoms with Gasteiger partial charge < -0.3 is 5.32 Å². The zero-order chi connectivity index (χ0) is 21.3. The van der Waals surface area contributed by atoms with Crippen LogP contribution in [0.3, 0.4) is 0 Å². The van der Waals surface area contributed by atoms with Crippen LogP contribution in [0.1, 0.15) is 24.2 Å². The Morgan fingerprint density at radius 3 is 2.41 bits per heavy atom. The highest BCUT2D eigenvalue weighted by molar-refractivity contribution is 7.89. The van der Waals surface area contributed by atoms with Crippen LogP contribution in [0.4, 0.5) is 10.5 Å². The second kappa shape index (κ2) is 7.80. The smallest absolute Gasteiger partial charge is 0.321 e. The van der Waals surface area contributed by atoms with Gasteiger partial charge in [-0.25, -0.2) is 13.2 Å². The first-order valence-electron chi connectivity index (χ1n) is 9.15. The summed E-state index contributed by atoms with van der Waals surface area (Å²) in [7, 11) is -2.37. The number of amides is 4. The molecule has 9 nitrogen and oxygen atoms in total. The van der Waals surface area contributed by atoms with Crippen molar-refractivity contribution in [3.8, 4) is 0 Å². The number of imide groups is 1. The van der Waals surface area contributed by atoms with E-state index >= 15 is 0 Å². The van der Waals surface area contributed by atoms with E-state index in [2.05, 4.69) is 10.6 Å². The van der Waals surface area contributed by atoms with E-state index in [1.807, 2.05) is 0 Å². The lowest BCUT2D eigenvalue weighted by atomic mass is 10.1. The van der Waals surface area contributed by atoms with Crippen LogP contribution >= 0.6 is 0 Å². The first-order chi connectivity index (χ1) is 13.8. The van der Waals surface area contributed by atoms with Gasteiger partial charge in [0.1, 0.15) is 6.54 Å². The van der Waals surface area contributed by atoms with Crippen molar-refractivity contribution in [3.63, 3.8) is 0 Å². The normalized spacial score (nSPS) is 13.2. The van der Waals surface area contributed by atoms with Gasteiger partial charge in [0.2, 0.25) is 15.9 Å². The number of hydrogen-bond donors (Lipinski definition) is 2. The molecule has 29 heavy (non-hydrogen) atoms. The molecule has 0 aromatic heterocycles. The number of anilines is 1. The minimum absolute atomic E-state index is 0.117. The Morgan fingerprint density at radius 1 is 1.10 bits per heavy atom. The van der Waals surface area contributed by atoms with Gasteiger partial charge in [-0.3, -0.25) is 19.8 Å². The fourth-order valence-electron chi connectivity index (χ4n) is 3.48. The summed E-state index contributed by atoms with van der Waals surface area (Å²) in [6, 6.07) is 7.18. The zero-order valence-electron chi connectivity index (χ0n) is 16.4. The predicted molar refractivity (Wildman–Crippen MR) is 108 cm³/mol. The highest BCUT2D eigenvalue weighted by Crippen LogP contribution is 2.40. The van der Waals surface area contributed by atoms with Crippen molar-refractivity contribution in [2.45, 2.75) is 18.7 Å². The molecule has 1 aliphatic rings. The molecule has 154 valence electrons. The van der Waals surface area contributed by atoms with E-state index < -0.39 is 27.9 Å². The van der Waals surface area contributed by atoms with E-state index in [9.17, 15) is 22.8 Å². The van der Waals surface area contributed by atoms with Crippen LogP contribution < -0.4 is 15.5 Å². The molecule has 2 N–H and O–H groups in total. The van der Waals surface area contributed by atoms with Gasteiger partial charge in [-0.1, -0.05) is 26.0 Å². The molecule has 0 radical (unpaired) electrons. The summed E-state index contributed by atoms with van der Waals surface area (Å²) in [4.78, 5) is 37.7. The number of sulfonamides is 1. The molecular weight excluding hydrogens is 396 g/mol. The van der Waals surface area contributed by atoms with Crippen LogP contribution in [0, 0.1) is 0 Å². The van der Waals surface area contributed by atoms with Crippen molar-refractivity contribution < 1.29 is 22.8 Å². The molecule has 10 heteroatoms. The molecule has 0 fully saturated rings. The van der Waals surface area contributed by atoms with Crippen LogP contribution in [0.2, 0.25) is 0 Å². The van der Waals surface area contributed by atoms with Crippen LogP contribution in [-0.4, -0.2) is 57.3 Å². The SMILES string of the molecule is CCN(CC)S(=O)(=O)c1ccc2c3c(cccc13)C(=O)N2CC(=O)NC(=O)NC. The minimum atomic E-state index is -3.74. The van der Waals surface area contributed by atoms with Crippen LogP contribution in [0.5, 0.6) is 0 Å². The van der Waals surface area contributed by atoms with Gasteiger partial charge in [0.15, 0.2) is 0 Å². The summed E-state index contributed by atoms with van der Waals surface area (Å²) in [5, 5.41) is 5.30. The highest BCUT2D eigenvalue weighted by Gasteiger charge is 2.34. The average Bonchev–Trinajstić information content (AvgIpc) is 2.96. The third kappa shape index (κ3) is 3.45. The molecular formula is C19H22N4O5S. The molecule has 0 saturated carbocycles. The van der Waals surface area contributed by atoms with E-state index in [4.69, 9.17) is 0 Å². The van der Waals surface area contributed by atoms with Crippen molar-refractivity contribution in [1.29, 1.82) is 0 Å². The first-order valence-corrected chi connectivity index (χ1v) is 10.6. The lowest BCUT2D eigenvalue weighted by Crippen LogP contribution is -2.44. The van der Waals surface area contributed by atoms with Crippen molar-refractivity contribution in [2.75, 3.05) is 31.6 Å². The zero-order valence-corrected chi connectivity index (χ0v) is 17.2. The van der Waals surface area contributed by atoms with Crippen molar-refractivity contribution >= 4 is 44.3 Å². The van der Waals surface area contributed by atoms with Crippen LogP contribution in [0.15, 0.2) is 35.2 Å². The van der Waals surface area contributed by atoms with Crippen LogP contribution in [0.25, 0.3) is 10.8 Å².